The monoisotopic (exact) mass is 334 g/mol. The van der Waals surface area contributed by atoms with Crippen LogP contribution in [0, 0.1) is 11.6 Å². The van der Waals surface area contributed by atoms with Gasteiger partial charge in [-0.3, -0.25) is 4.79 Å². The quantitative estimate of drug-likeness (QED) is 0.650. The number of carbonyl (C=O) groups is 2. The van der Waals surface area contributed by atoms with E-state index >= 15 is 0 Å². The molecule has 0 saturated carbocycles. The maximum atomic E-state index is 13.3. The van der Waals surface area contributed by atoms with Gasteiger partial charge < -0.3 is 15.8 Å². The molecule has 24 heavy (non-hydrogen) atoms. The zero-order valence-corrected chi connectivity index (χ0v) is 12.9. The Kier molecular flexibility index (Phi) is 5.47. The SMILES string of the molecule is C[C@H](NC(=O)OCc1ccccc1)C(=O)c1cc(F)c(F)cc1N. The predicted molar refractivity (Wildman–Crippen MR) is 84.3 cm³/mol. The highest BCUT2D eigenvalue weighted by molar-refractivity contribution is 6.05. The van der Waals surface area contributed by atoms with Gasteiger partial charge in [-0.25, -0.2) is 13.6 Å². The molecular weight excluding hydrogens is 318 g/mol. The molecule has 0 aliphatic rings. The van der Waals surface area contributed by atoms with Crippen molar-refractivity contribution in [2.75, 3.05) is 5.73 Å². The summed E-state index contributed by atoms with van der Waals surface area (Å²) in [6.45, 7) is 1.44. The van der Waals surface area contributed by atoms with Crippen LogP contribution >= 0.6 is 0 Å². The summed E-state index contributed by atoms with van der Waals surface area (Å²) in [5.74, 6) is -2.98. The lowest BCUT2D eigenvalue weighted by Gasteiger charge is -2.14. The Morgan fingerprint density at radius 2 is 1.79 bits per heavy atom. The summed E-state index contributed by atoms with van der Waals surface area (Å²) in [5.41, 5.74) is 5.90. The molecule has 0 fully saturated rings. The number of nitrogen functional groups attached to an aromatic ring is 1. The lowest BCUT2D eigenvalue weighted by molar-refractivity contribution is 0.0927. The Morgan fingerprint density at radius 1 is 1.17 bits per heavy atom. The van der Waals surface area contributed by atoms with Gasteiger partial charge in [-0.1, -0.05) is 30.3 Å². The summed E-state index contributed by atoms with van der Waals surface area (Å²) in [7, 11) is 0. The largest absolute Gasteiger partial charge is 0.445 e. The molecule has 2 aromatic rings. The second-order valence-electron chi connectivity index (χ2n) is 5.15. The Labute approximate surface area is 137 Å². The highest BCUT2D eigenvalue weighted by atomic mass is 19.2. The fourth-order valence-corrected chi connectivity index (χ4v) is 2.02. The van der Waals surface area contributed by atoms with E-state index in [1.807, 2.05) is 6.07 Å². The second-order valence-corrected chi connectivity index (χ2v) is 5.15. The number of nitrogens with one attached hydrogen (secondary N) is 1. The predicted octanol–water partition coefficient (Wildman–Crippen LogP) is 3.04. The van der Waals surface area contributed by atoms with Gasteiger partial charge >= 0.3 is 6.09 Å². The van der Waals surface area contributed by atoms with E-state index in [-0.39, 0.29) is 17.9 Å². The van der Waals surface area contributed by atoms with Gasteiger partial charge in [0.1, 0.15) is 6.61 Å². The van der Waals surface area contributed by atoms with Gasteiger partial charge in [0.2, 0.25) is 0 Å². The average Bonchev–Trinajstić information content (AvgIpc) is 2.56. The van der Waals surface area contributed by atoms with Crippen LogP contribution in [0.2, 0.25) is 0 Å². The van der Waals surface area contributed by atoms with Crippen molar-refractivity contribution in [3.05, 3.63) is 65.2 Å². The molecule has 1 atom stereocenters. The maximum Gasteiger partial charge on any atom is 0.408 e. The Hall–Kier alpha value is -2.96. The highest BCUT2D eigenvalue weighted by Gasteiger charge is 2.22. The molecule has 1 amide bonds. The van der Waals surface area contributed by atoms with Crippen LogP contribution in [0.5, 0.6) is 0 Å². The molecule has 0 bridgehead atoms. The van der Waals surface area contributed by atoms with Crippen molar-refractivity contribution in [2.24, 2.45) is 0 Å². The third-order valence-corrected chi connectivity index (χ3v) is 3.30. The molecule has 0 aromatic heterocycles. The standard InChI is InChI=1S/C17H16F2N2O3/c1-10(16(22)12-7-13(18)14(19)8-15(12)20)21-17(23)24-9-11-5-3-2-4-6-11/h2-8,10H,9,20H2,1H3,(H,21,23)/t10-/m0/s1. The van der Waals surface area contributed by atoms with E-state index in [0.717, 1.165) is 11.6 Å². The van der Waals surface area contributed by atoms with Crippen LogP contribution in [-0.2, 0) is 11.3 Å². The molecule has 0 spiro atoms. The van der Waals surface area contributed by atoms with Crippen molar-refractivity contribution in [3.63, 3.8) is 0 Å². The van der Waals surface area contributed by atoms with E-state index < -0.39 is 29.6 Å². The zero-order chi connectivity index (χ0) is 17.7. The smallest absolute Gasteiger partial charge is 0.408 e. The molecule has 2 aromatic carbocycles. The van der Waals surface area contributed by atoms with Gasteiger partial charge in [-0.05, 0) is 18.6 Å². The van der Waals surface area contributed by atoms with E-state index in [9.17, 15) is 18.4 Å². The molecule has 0 saturated heterocycles. The summed E-state index contributed by atoms with van der Waals surface area (Å²) in [6, 6.07) is 9.41. The first kappa shape index (κ1) is 17.4. The highest BCUT2D eigenvalue weighted by Crippen LogP contribution is 2.18. The number of ether oxygens (including phenoxy) is 1. The lowest BCUT2D eigenvalue weighted by Crippen LogP contribution is -2.39. The number of hydrogen-bond acceptors (Lipinski definition) is 4. The van der Waals surface area contributed by atoms with E-state index in [1.165, 1.54) is 6.92 Å². The van der Waals surface area contributed by atoms with Crippen LogP contribution in [-0.4, -0.2) is 17.9 Å². The lowest BCUT2D eigenvalue weighted by atomic mass is 10.0. The van der Waals surface area contributed by atoms with E-state index in [1.54, 1.807) is 24.3 Å². The molecule has 0 heterocycles. The number of rotatable bonds is 5. The topological polar surface area (TPSA) is 81.4 Å². The molecule has 126 valence electrons. The molecule has 0 aliphatic heterocycles. The minimum absolute atomic E-state index is 0.0426. The third-order valence-electron chi connectivity index (χ3n) is 3.30. The van der Waals surface area contributed by atoms with Gasteiger partial charge in [-0.15, -0.1) is 0 Å². The van der Waals surface area contributed by atoms with Gasteiger partial charge in [-0.2, -0.15) is 0 Å². The van der Waals surface area contributed by atoms with Crippen LogP contribution in [0.15, 0.2) is 42.5 Å². The molecule has 3 N–H and O–H groups in total. The van der Waals surface area contributed by atoms with Gasteiger partial charge in [0.05, 0.1) is 6.04 Å². The van der Waals surface area contributed by atoms with Crippen LogP contribution < -0.4 is 11.1 Å². The minimum atomic E-state index is -1.19. The number of nitrogens with two attached hydrogens (primary N) is 1. The molecule has 0 radical (unpaired) electrons. The van der Waals surface area contributed by atoms with Crippen molar-refractivity contribution in [3.8, 4) is 0 Å². The molecule has 0 unspecified atom stereocenters. The summed E-state index contributed by atoms with van der Waals surface area (Å²) in [6.07, 6.45) is -0.805. The van der Waals surface area contributed by atoms with Crippen molar-refractivity contribution in [1.29, 1.82) is 0 Å². The molecule has 5 nitrogen and oxygen atoms in total. The second kappa shape index (κ2) is 7.54. The number of alkyl carbamates (subject to hydrolysis) is 1. The van der Waals surface area contributed by atoms with E-state index in [4.69, 9.17) is 10.5 Å². The molecule has 7 heteroatoms. The summed E-state index contributed by atoms with van der Waals surface area (Å²) < 4.78 is 31.3. The summed E-state index contributed by atoms with van der Waals surface area (Å²) >= 11 is 0. The van der Waals surface area contributed by atoms with E-state index in [0.29, 0.717) is 6.07 Å². The minimum Gasteiger partial charge on any atom is -0.445 e. The maximum absolute atomic E-state index is 13.3. The van der Waals surface area contributed by atoms with Crippen molar-refractivity contribution in [2.45, 2.75) is 19.6 Å². The van der Waals surface area contributed by atoms with Gasteiger partial charge in [0, 0.05) is 17.3 Å². The average molecular weight is 334 g/mol. The van der Waals surface area contributed by atoms with Crippen LogP contribution in [0.4, 0.5) is 19.3 Å². The first-order valence-corrected chi connectivity index (χ1v) is 7.14. The number of carbonyl (C=O) groups excluding carboxylic acids is 2. The Morgan fingerprint density at radius 3 is 2.46 bits per heavy atom. The molecule has 0 aliphatic carbocycles. The third kappa shape index (κ3) is 4.28. The van der Waals surface area contributed by atoms with Gasteiger partial charge in [0.15, 0.2) is 17.4 Å². The van der Waals surface area contributed by atoms with Gasteiger partial charge in [0.25, 0.3) is 0 Å². The fourth-order valence-electron chi connectivity index (χ4n) is 2.02. The first-order valence-electron chi connectivity index (χ1n) is 7.14. The number of anilines is 1. The van der Waals surface area contributed by atoms with Crippen molar-refractivity contribution >= 4 is 17.6 Å². The van der Waals surface area contributed by atoms with E-state index in [2.05, 4.69) is 5.32 Å². The molecular formula is C17H16F2N2O3. The number of benzene rings is 2. The number of ketones is 1. The number of halogens is 2. The van der Waals surface area contributed by atoms with Crippen molar-refractivity contribution < 1.29 is 23.1 Å². The Bertz CT molecular complexity index is 751. The van der Waals surface area contributed by atoms with Crippen LogP contribution in [0.3, 0.4) is 0 Å². The number of amides is 1. The normalized spacial score (nSPS) is 11.6. The molecule has 2 rings (SSSR count). The first-order chi connectivity index (χ1) is 11.4. The number of Topliss-reactive ketones (excluding diaryl/α,β-unsaturated/α-hetero) is 1. The Balaban J connectivity index is 1.96. The number of hydrogen-bond donors (Lipinski definition) is 2. The van der Waals surface area contributed by atoms with Crippen LogP contribution in [0.1, 0.15) is 22.8 Å². The fraction of sp³-hybridized carbons (Fsp3) is 0.176. The summed E-state index contributed by atoms with van der Waals surface area (Å²) in [4.78, 5) is 23.9. The van der Waals surface area contributed by atoms with Crippen molar-refractivity contribution in [1.82, 2.24) is 5.32 Å². The van der Waals surface area contributed by atoms with Crippen LogP contribution in [0.25, 0.3) is 0 Å². The zero-order valence-electron chi connectivity index (χ0n) is 12.9. The summed E-state index contributed by atoms with van der Waals surface area (Å²) in [5, 5.41) is 2.33.